The van der Waals surface area contributed by atoms with Crippen LogP contribution in [0.2, 0.25) is 0 Å². The van der Waals surface area contributed by atoms with Gasteiger partial charge in [0.25, 0.3) is 5.91 Å². The summed E-state index contributed by atoms with van der Waals surface area (Å²) in [6.07, 6.45) is 0. The van der Waals surface area contributed by atoms with Gasteiger partial charge in [-0.2, -0.15) is 0 Å². The highest BCUT2D eigenvalue weighted by Gasteiger charge is 2.19. The van der Waals surface area contributed by atoms with E-state index in [9.17, 15) is 4.79 Å². The fraction of sp³-hybridized carbons (Fsp3) is 0.267. The smallest absolute Gasteiger partial charge is 0.267 e. The Kier molecular flexibility index (Phi) is 4.18. The second-order valence-electron chi connectivity index (χ2n) is 4.65. The minimum atomic E-state index is -0.390. The number of nitrogens with two attached hydrogens (primary N) is 1. The lowest BCUT2D eigenvalue weighted by Gasteiger charge is -2.17. The number of amides is 1. The van der Waals surface area contributed by atoms with Crippen molar-refractivity contribution < 1.29 is 14.3 Å². The molecule has 112 valence electrons. The molecule has 6 heteroatoms. The molecule has 0 radical (unpaired) electrons. The molecule has 0 aliphatic heterocycles. The maximum absolute atomic E-state index is 12.1. The molecular formula is C15H19N3O3. The lowest BCUT2D eigenvalue weighted by atomic mass is 10.1. The number of benzene rings is 1. The van der Waals surface area contributed by atoms with E-state index in [1.54, 1.807) is 19.2 Å². The van der Waals surface area contributed by atoms with E-state index in [1.807, 2.05) is 30.5 Å². The molecule has 0 spiro atoms. The molecule has 2 rings (SSSR count). The van der Waals surface area contributed by atoms with Gasteiger partial charge in [-0.05, 0) is 32.0 Å². The van der Waals surface area contributed by atoms with E-state index < -0.39 is 5.91 Å². The van der Waals surface area contributed by atoms with Crippen molar-refractivity contribution in [3.05, 3.63) is 41.2 Å². The molecule has 6 nitrogen and oxygen atoms in total. The zero-order chi connectivity index (χ0) is 15.6. The monoisotopic (exact) mass is 289 g/mol. The summed E-state index contributed by atoms with van der Waals surface area (Å²) in [6.45, 7) is 3.93. The first-order chi connectivity index (χ1) is 10.0. The lowest BCUT2D eigenvalue weighted by Crippen LogP contribution is -2.31. The maximum Gasteiger partial charge on any atom is 0.267 e. The summed E-state index contributed by atoms with van der Waals surface area (Å²) in [5.74, 6) is 5.92. The summed E-state index contributed by atoms with van der Waals surface area (Å²) in [4.78, 5) is 12.1. The van der Waals surface area contributed by atoms with E-state index in [4.69, 9.17) is 15.3 Å². The van der Waals surface area contributed by atoms with Crippen molar-refractivity contribution >= 4 is 5.91 Å². The average Bonchev–Trinajstić information content (AvgIpc) is 2.84. The predicted molar refractivity (Wildman–Crippen MR) is 80.0 cm³/mol. The first-order valence-electron chi connectivity index (χ1n) is 6.45. The standard InChI is InChI=1S/C15H19N3O3/c1-9-5-6-10(2)18(9)12-8-14(21-4)13(20-3)7-11(12)15(19)17-16/h5-8H,16H2,1-4H3,(H,17,19). The van der Waals surface area contributed by atoms with Crippen molar-refractivity contribution in [2.75, 3.05) is 14.2 Å². The number of nitrogens with zero attached hydrogens (tertiary/aromatic N) is 1. The van der Waals surface area contributed by atoms with Crippen LogP contribution in [0.15, 0.2) is 24.3 Å². The third-order valence-electron chi connectivity index (χ3n) is 3.39. The number of ether oxygens (including phenoxy) is 2. The summed E-state index contributed by atoms with van der Waals surface area (Å²) >= 11 is 0. The lowest BCUT2D eigenvalue weighted by molar-refractivity contribution is 0.0953. The second-order valence-corrected chi connectivity index (χ2v) is 4.65. The fourth-order valence-electron chi connectivity index (χ4n) is 2.36. The van der Waals surface area contributed by atoms with Crippen LogP contribution in [0.4, 0.5) is 0 Å². The number of aromatic nitrogens is 1. The van der Waals surface area contributed by atoms with Crippen LogP contribution in [0.3, 0.4) is 0 Å². The van der Waals surface area contributed by atoms with Gasteiger partial charge < -0.3 is 14.0 Å². The van der Waals surface area contributed by atoms with Gasteiger partial charge >= 0.3 is 0 Å². The zero-order valence-electron chi connectivity index (χ0n) is 12.6. The van der Waals surface area contributed by atoms with Gasteiger partial charge in [-0.15, -0.1) is 0 Å². The Labute approximate surface area is 123 Å². The Morgan fingerprint density at radius 1 is 1.10 bits per heavy atom. The summed E-state index contributed by atoms with van der Waals surface area (Å²) in [6, 6.07) is 7.35. The molecule has 21 heavy (non-hydrogen) atoms. The molecule has 0 saturated carbocycles. The van der Waals surface area contributed by atoms with Gasteiger partial charge in [-0.3, -0.25) is 10.2 Å². The van der Waals surface area contributed by atoms with Gasteiger partial charge in [-0.25, -0.2) is 5.84 Å². The molecule has 0 saturated heterocycles. The quantitative estimate of drug-likeness (QED) is 0.510. The van der Waals surface area contributed by atoms with E-state index in [0.717, 1.165) is 11.4 Å². The Bertz CT molecular complexity index is 658. The molecule has 0 bridgehead atoms. The first-order valence-corrected chi connectivity index (χ1v) is 6.45. The van der Waals surface area contributed by atoms with Crippen molar-refractivity contribution in [1.82, 2.24) is 9.99 Å². The average molecular weight is 289 g/mol. The predicted octanol–water partition coefficient (Wildman–Crippen LogP) is 1.71. The topological polar surface area (TPSA) is 78.5 Å². The van der Waals surface area contributed by atoms with Gasteiger partial charge in [-0.1, -0.05) is 0 Å². The van der Waals surface area contributed by atoms with Gasteiger partial charge in [0.1, 0.15) is 0 Å². The molecule has 1 amide bonds. The minimum Gasteiger partial charge on any atom is -0.493 e. The number of hydrogen-bond acceptors (Lipinski definition) is 4. The Morgan fingerprint density at radius 3 is 2.10 bits per heavy atom. The van der Waals surface area contributed by atoms with E-state index in [0.29, 0.717) is 22.7 Å². The highest BCUT2D eigenvalue weighted by Crippen LogP contribution is 2.33. The second kappa shape index (κ2) is 5.88. The number of carbonyl (C=O) groups excluding carboxylic acids is 1. The van der Waals surface area contributed by atoms with Crippen molar-refractivity contribution in [1.29, 1.82) is 0 Å². The normalized spacial score (nSPS) is 10.3. The number of hydrazine groups is 1. The molecule has 3 N–H and O–H groups in total. The van der Waals surface area contributed by atoms with Crippen molar-refractivity contribution in [3.8, 4) is 17.2 Å². The van der Waals surface area contributed by atoms with E-state index >= 15 is 0 Å². The summed E-state index contributed by atoms with van der Waals surface area (Å²) < 4.78 is 12.5. The maximum atomic E-state index is 12.1. The van der Waals surface area contributed by atoms with Gasteiger partial charge in [0.05, 0.1) is 25.5 Å². The summed E-state index contributed by atoms with van der Waals surface area (Å²) in [7, 11) is 3.08. The largest absolute Gasteiger partial charge is 0.493 e. The number of rotatable bonds is 4. The number of carbonyl (C=O) groups is 1. The van der Waals surface area contributed by atoms with E-state index in [-0.39, 0.29) is 0 Å². The van der Waals surface area contributed by atoms with Gasteiger partial charge in [0, 0.05) is 17.5 Å². The molecular weight excluding hydrogens is 270 g/mol. The molecule has 0 aliphatic carbocycles. The van der Waals surface area contributed by atoms with Crippen molar-refractivity contribution in [2.24, 2.45) is 5.84 Å². The van der Waals surface area contributed by atoms with Gasteiger partial charge in [0.15, 0.2) is 11.5 Å². The van der Waals surface area contributed by atoms with E-state index in [1.165, 1.54) is 7.11 Å². The van der Waals surface area contributed by atoms with E-state index in [2.05, 4.69) is 5.43 Å². The van der Waals surface area contributed by atoms with Crippen LogP contribution in [-0.2, 0) is 0 Å². The molecule has 1 aromatic heterocycles. The molecule has 0 atom stereocenters. The Balaban J connectivity index is 2.76. The fourth-order valence-corrected chi connectivity index (χ4v) is 2.36. The number of methoxy groups -OCH3 is 2. The van der Waals surface area contributed by atoms with Crippen LogP contribution < -0.4 is 20.7 Å². The third kappa shape index (κ3) is 2.57. The molecule has 0 unspecified atom stereocenters. The van der Waals surface area contributed by atoms with Crippen molar-refractivity contribution in [3.63, 3.8) is 0 Å². The molecule has 2 aromatic rings. The number of hydrogen-bond donors (Lipinski definition) is 2. The van der Waals surface area contributed by atoms with Crippen LogP contribution in [0.5, 0.6) is 11.5 Å². The Morgan fingerprint density at radius 2 is 1.62 bits per heavy atom. The van der Waals surface area contributed by atoms with Crippen molar-refractivity contribution in [2.45, 2.75) is 13.8 Å². The van der Waals surface area contributed by atoms with Crippen LogP contribution in [0, 0.1) is 13.8 Å². The highest BCUT2D eigenvalue weighted by molar-refractivity contribution is 5.98. The molecule has 1 heterocycles. The van der Waals surface area contributed by atoms with Crippen LogP contribution >= 0.6 is 0 Å². The highest BCUT2D eigenvalue weighted by atomic mass is 16.5. The minimum absolute atomic E-state index is 0.390. The van der Waals surface area contributed by atoms with Crippen LogP contribution in [0.25, 0.3) is 5.69 Å². The number of aryl methyl sites for hydroxylation is 2. The van der Waals surface area contributed by atoms with Crippen LogP contribution in [0.1, 0.15) is 21.7 Å². The molecule has 0 aliphatic rings. The summed E-state index contributed by atoms with van der Waals surface area (Å²) in [5.41, 5.74) is 5.28. The summed E-state index contributed by atoms with van der Waals surface area (Å²) in [5, 5.41) is 0. The number of nitrogen functional groups attached to an aromatic ring is 1. The van der Waals surface area contributed by atoms with Gasteiger partial charge in [0.2, 0.25) is 0 Å². The molecule has 1 aromatic carbocycles. The number of nitrogens with one attached hydrogen (secondary N) is 1. The van der Waals surface area contributed by atoms with Crippen LogP contribution in [-0.4, -0.2) is 24.7 Å². The Hall–Kier alpha value is -2.47. The first kappa shape index (κ1) is 14.9. The zero-order valence-corrected chi connectivity index (χ0v) is 12.6. The SMILES string of the molecule is COc1cc(C(=O)NN)c(-n2c(C)ccc2C)cc1OC. The third-order valence-corrected chi connectivity index (χ3v) is 3.39. The molecule has 0 fully saturated rings.